The summed E-state index contributed by atoms with van der Waals surface area (Å²) in [5.41, 5.74) is 16.2. The van der Waals surface area contributed by atoms with Crippen LogP contribution in [0.2, 0.25) is 0 Å². The van der Waals surface area contributed by atoms with Crippen molar-refractivity contribution in [2.45, 2.75) is 4.90 Å². The fourth-order valence-electron chi connectivity index (χ4n) is 1.19. The van der Waals surface area contributed by atoms with Gasteiger partial charge in [-0.1, -0.05) is 0 Å². The van der Waals surface area contributed by atoms with Crippen molar-refractivity contribution in [2.24, 2.45) is 27.2 Å². The van der Waals surface area contributed by atoms with Gasteiger partial charge >= 0.3 is 0 Å². The maximum atomic E-state index is 11.8. The second-order valence-corrected chi connectivity index (χ2v) is 5.94. The van der Waals surface area contributed by atoms with Gasteiger partial charge in [-0.2, -0.15) is 4.99 Å². The Morgan fingerprint density at radius 1 is 1.10 bits per heavy atom. The highest BCUT2D eigenvalue weighted by Crippen LogP contribution is 2.18. The van der Waals surface area contributed by atoms with Crippen LogP contribution in [0.3, 0.4) is 0 Å². The summed E-state index contributed by atoms with van der Waals surface area (Å²) in [6.45, 7) is 0. The van der Waals surface area contributed by atoms with E-state index in [9.17, 15) is 8.42 Å². The third-order valence-corrected chi connectivity index (χ3v) is 3.93. The second-order valence-electron chi connectivity index (χ2n) is 3.79. The van der Waals surface area contributed by atoms with Gasteiger partial charge in [-0.15, -0.1) is 12.4 Å². The van der Waals surface area contributed by atoms with Gasteiger partial charge in [0.15, 0.2) is 5.96 Å². The zero-order valence-corrected chi connectivity index (χ0v) is 12.6. The van der Waals surface area contributed by atoms with Gasteiger partial charge in [-0.25, -0.2) is 17.7 Å². The van der Waals surface area contributed by atoms with Crippen molar-refractivity contribution in [3.63, 3.8) is 0 Å². The molecule has 0 heterocycles. The van der Waals surface area contributed by atoms with Gasteiger partial charge in [0.25, 0.3) is 0 Å². The van der Waals surface area contributed by atoms with E-state index in [-0.39, 0.29) is 29.2 Å². The summed E-state index contributed by atoms with van der Waals surface area (Å²) in [7, 11) is -0.542. The molecule has 0 aliphatic carbocycles. The number of halogens is 1. The first kappa shape index (κ1) is 18.2. The Labute approximate surface area is 123 Å². The number of nitrogens with zero attached hydrogens (tertiary/aromatic N) is 3. The Morgan fingerprint density at radius 3 is 2.00 bits per heavy atom. The average Bonchev–Trinajstić information content (AvgIpc) is 2.28. The van der Waals surface area contributed by atoms with Crippen molar-refractivity contribution in [1.82, 2.24) is 4.31 Å². The predicted molar refractivity (Wildman–Crippen MR) is 81.7 cm³/mol. The van der Waals surface area contributed by atoms with Crippen LogP contribution < -0.4 is 17.2 Å². The molecule has 0 bridgehead atoms. The van der Waals surface area contributed by atoms with E-state index in [2.05, 4.69) is 9.98 Å². The lowest BCUT2D eigenvalue weighted by Crippen LogP contribution is -2.26. The van der Waals surface area contributed by atoms with E-state index in [0.29, 0.717) is 5.69 Å². The normalized spacial score (nSPS) is 11.8. The third kappa shape index (κ3) is 4.68. The van der Waals surface area contributed by atoms with E-state index in [1.165, 1.54) is 38.4 Å². The largest absolute Gasteiger partial charge is 0.370 e. The van der Waals surface area contributed by atoms with Crippen molar-refractivity contribution < 1.29 is 8.42 Å². The summed E-state index contributed by atoms with van der Waals surface area (Å²) < 4.78 is 24.8. The number of sulfonamides is 1. The summed E-state index contributed by atoms with van der Waals surface area (Å²) in [4.78, 5) is 7.62. The van der Waals surface area contributed by atoms with Gasteiger partial charge in [0.2, 0.25) is 16.0 Å². The molecule has 0 atom stereocenters. The van der Waals surface area contributed by atoms with E-state index in [4.69, 9.17) is 17.2 Å². The number of hydrogen-bond acceptors (Lipinski definition) is 3. The van der Waals surface area contributed by atoms with E-state index < -0.39 is 10.0 Å². The molecule has 0 saturated heterocycles. The molecule has 0 saturated carbocycles. The first-order chi connectivity index (χ1) is 8.73. The topological polar surface area (TPSA) is 140 Å². The summed E-state index contributed by atoms with van der Waals surface area (Å²) in [5.74, 6) is -0.309. The van der Waals surface area contributed by atoms with Crippen LogP contribution in [-0.4, -0.2) is 38.7 Å². The summed E-state index contributed by atoms with van der Waals surface area (Å²) in [5, 5.41) is 0. The van der Waals surface area contributed by atoms with Gasteiger partial charge in [0, 0.05) is 14.1 Å². The zero-order chi connectivity index (χ0) is 14.6. The number of benzene rings is 1. The average molecular weight is 321 g/mol. The van der Waals surface area contributed by atoms with E-state index in [0.717, 1.165) is 4.31 Å². The number of rotatable bonds is 3. The molecule has 0 fully saturated rings. The molecule has 0 radical (unpaired) electrons. The summed E-state index contributed by atoms with van der Waals surface area (Å²) >= 11 is 0. The highest BCUT2D eigenvalue weighted by atomic mass is 35.5. The van der Waals surface area contributed by atoms with Crippen LogP contribution in [0.4, 0.5) is 5.69 Å². The number of nitrogens with two attached hydrogens (primary N) is 3. The lowest BCUT2D eigenvalue weighted by molar-refractivity contribution is 0.521. The van der Waals surface area contributed by atoms with E-state index in [1.807, 2.05) is 0 Å². The van der Waals surface area contributed by atoms with Gasteiger partial charge in [0.1, 0.15) is 0 Å². The maximum absolute atomic E-state index is 11.8. The van der Waals surface area contributed by atoms with Crippen molar-refractivity contribution >= 4 is 40.0 Å². The molecule has 1 aromatic rings. The Hall–Kier alpha value is -1.84. The number of aliphatic imine (C=N–C) groups is 2. The molecule has 0 unspecified atom stereocenters. The van der Waals surface area contributed by atoms with Crippen LogP contribution in [0.25, 0.3) is 0 Å². The first-order valence-corrected chi connectivity index (χ1v) is 6.64. The quantitative estimate of drug-likeness (QED) is 0.512. The van der Waals surface area contributed by atoms with Gasteiger partial charge in [-0.05, 0) is 24.3 Å². The molecular formula is C10H17ClN6O2S. The van der Waals surface area contributed by atoms with E-state index >= 15 is 0 Å². The molecule has 0 spiro atoms. The lowest BCUT2D eigenvalue weighted by atomic mass is 10.3. The highest BCUT2D eigenvalue weighted by Gasteiger charge is 2.16. The maximum Gasteiger partial charge on any atom is 0.242 e. The first-order valence-electron chi connectivity index (χ1n) is 5.20. The SMILES string of the molecule is CN(C)S(=O)(=O)c1ccc(N=C(N)N=C(N)N)cc1.Cl. The van der Waals surface area contributed by atoms with Crippen LogP contribution in [0.5, 0.6) is 0 Å². The second kappa shape index (κ2) is 7.08. The van der Waals surface area contributed by atoms with Crippen LogP contribution in [0.15, 0.2) is 39.1 Å². The molecule has 8 nitrogen and oxygen atoms in total. The van der Waals surface area contributed by atoms with Crippen molar-refractivity contribution in [2.75, 3.05) is 14.1 Å². The Kier molecular flexibility index (Phi) is 6.43. The molecular weight excluding hydrogens is 304 g/mol. The fourth-order valence-corrected chi connectivity index (χ4v) is 2.09. The molecule has 0 aromatic heterocycles. The molecule has 1 rings (SSSR count). The molecule has 6 N–H and O–H groups in total. The minimum absolute atomic E-state index is 0. The smallest absolute Gasteiger partial charge is 0.242 e. The Bertz CT molecular complexity index is 605. The molecule has 1 aromatic carbocycles. The minimum atomic E-state index is -3.46. The van der Waals surface area contributed by atoms with Crippen molar-refractivity contribution in [3.05, 3.63) is 24.3 Å². The van der Waals surface area contributed by atoms with Crippen LogP contribution in [0, 0.1) is 0 Å². The summed E-state index contributed by atoms with van der Waals surface area (Å²) in [6, 6.07) is 5.87. The van der Waals surface area contributed by atoms with Gasteiger partial charge in [0.05, 0.1) is 10.6 Å². The number of guanidine groups is 2. The standard InChI is InChI=1S/C10H16N6O2S.ClH/c1-16(2)19(17,18)8-5-3-7(4-6-8)14-10(13)15-9(11)12;/h3-6H,1-2H3,(H6,11,12,13,14,15);1H. The molecule has 0 amide bonds. The monoisotopic (exact) mass is 320 g/mol. The third-order valence-electron chi connectivity index (χ3n) is 2.10. The van der Waals surface area contributed by atoms with Crippen LogP contribution >= 0.6 is 12.4 Å². The highest BCUT2D eigenvalue weighted by molar-refractivity contribution is 7.89. The molecule has 112 valence electrons. The molecule has 0 aliphatic rings. The Balaban J connectivity index is 0.00000361. The Morgan fingerprint density at radius 2 is 1.60 bits per heavy atom. The number of hydrogen-bond donors (Lipinski definition) is 3. The summed E-state index contributed by atoms with van der Waals surface area (Å²) in [6.07, 6.45) is 0. The van der Waals surface area contributed by atoms with Crippen LogP contribution in [0.1, 0.15) is 0 Å². The van der Waals surface area contributed by atoms with E-state index in [1.54, 1.807) is 0 Å². The van der Waals surface area contributed by atoms with Crippen molar-refractivity contribution in [1.29, 1.82) is 0 Å². The minimum Gasteiger partial charge on any atom is -0.370 e. The molecule has 10 heteroatoms. The van der Waals surface area contributed by atoms with Crippen LogP contribution in [-0.2, 0) is 10.0 Å². The fraction of sp³-hybridized carbons (Fsp3) is 0.200. The lowest BCUT2D eigenvalue weighted by Gasteiger charge is -2.10. The molecule has 20 heavy (non-hydrogen) atoms. The predicted octanol–water partition coefficient (Wildman–Crippen LogP) is -0.422. The van der Waals surface area contributed by atoms with Crippen molar-refractivity contribution in [3.8, 4) is 0 Å². The van der Waals surface area contributed by atoms with Gasteiger partial charge < -0.3 is 17.2 Å². The zero-order valence-electron chi connectivity index (χ0n) is 11.0. The molecule has 0 aliphatic heterocycles. The van der Waals surface area contributed by atoms with Gasteiger partial charge in [-0.3, -0.25) is 0 Å².